The van der Waals surface area contributed by atoms with Crippen molar-refractivity contribution in [2.45, 2.75) is 4.90 Å². The van der Waals surface area contributed by atoms with E-state index < -0.39 is 14.8 Å². The molecular weight excluding hydrogens is 244 g/mol. The van der Waals surface area contributed by atoms with Gasteiger partial charge in [-0.1, -0.05) is 5.92 Å². The number of non-ortho nitro benzene ring substituents is 1. The van der Waals surface area contributed by atoms with Crippen LogP contribution in [0.5, 0.6) is 0 Å². The van der Waals surface area contributed by atoms with Crippen LogP contribution in [0.2, 0.25) is 0 Å². The van der Waals surface area contributed by atoms with E-state index in [2.05, 4.69) is 11.2 Å². The number of nitrogens with zero attached hydrogens (tertiary/aromatic N) is 1. The molecule has 1 aromatic carbocycles. The summed E-state index contributed by atoms with van der Waals surface area (Å²) in [5.41, 5.74) is -0.0206. The van der Waals surface area contributed by atoms with E-state index in [1.807, 2.05) is 0 Å². The molecule has 1 rings (SSSR count). The van der Waals surface area contributed by atoms with Crippen LogP contribution in [-0.2, 0) is 9.84 Å². The van der Waals surface area contributed by atoms with Crippen molar-refractivity contribution < 1.29 is 13.3 Å². The van der Waals surface area contributed by atoms with Crippen LogP contribution in [0.4, 0.5) is 11.4 Å². The molecule has 1 N–H and O–H groups in total. The van der Waals surface area contributed by atoms with Gasteiger partial charge in [-0.2, -0.15) is 0 Å². The summed E-state index contributed by atoms with van der Waals surface area (Å²) >= 11 is 0. The predicted molar refractivity (Wildman–Crippen MR) is 63.5 cm³/mol. The second kappa shape index (κ2) is 4.84. The van der Waals surface area contributed by atoms with Crippen LogP contribution in [0, 0.1) is 22.5 Å². The minimum atomic E-state index is -3.56. The van der Waals surface area contributed by atoms with E-state index in [4.69, 9.17) is 6.42 Å². The van der Waals surface area contributed by atoms with Crippen LogP contribution in [0.1, 0.15) is 0 Å². The molecule has 0 aliphatic heterocycles. The van der Waals surface area contributed by atoms with Gasteiger partial charge in [0.25, 0.3) is 5.69 Å². The van der Waals surface area contributed by atoms with Gasteiger partial charge in [0.15, 0.2) is 9.84 Å². The molecule has 0 spiro atoms. The second-order valence-corrected chi connectivity index (χ2v) is 5.25. The highest BCUT2D eigenvalue weighted by atomic mass is 32.2. The van der Waals surface area contributed by atoms with Crippen LogP contribution < -0.4 is 5.32 Å². The van der Waals surface area contributed by atoms with Crippen molar-refractivity contribution in [1.82, 2.24) is 0 Å². The van der Waals surface area contributed by atoms with E-state index in [0.29, 0.717) is 0 Å². The topological polar surface area (TPSA) is 89.3 Å². The lowest BCUT2D eigenvalue weighted by Crippen LogP contribution is -2.07. The smallest absolute Gasteiger partial charge is 0.270 e. The number of anilines is 1. The predicted octanol–water partition coefficient (Wildman–Crippen LogP) is 1.04. The average molecular weight is 254 g/mol. The summed E-state index contributed by atoms with van der Waals surface area (Å²) in [6, 6.07) is 3.55. The SMILES string of the molecule is C#CCNc1ccc([N+](=O)[O-])cc1S(C)(=O)=O. The molecule has 0 aliphatic rings. The zero-order valence-electron chi connectivity index (χ0n) is 9.00. The number of terminal acetylenes is 1. The number of nitro benzene ring substituents is 1. The first kappa shape index (κ1) is 13.0. The molecule has 0 radical (unpaired) electrons. The quantitative estimate of drug-likeness (QED) is 0.492. The fourth-order valence-corrected chi connectivity index (χ4v) is 2.10. The monoisotopic (exact) mass is 254 g/mol. The molecule has 0 aliphatic carbocycles. The maximum Gasteiger partial charge on any atom is 0.270 e. The summed E-state index contributed by atoms with van der Waals surface area (Å²) in [4.78, 5) is 9.77. The van der Waals surface area contributed by atoms with Crippen molar-refractivity contribution >= 4 is 21.2 Å². The van der Waals surface area contributed by atoms with Gasteiger partial charge < -0.3 is 5.32 Å². The Morgan fingerprint density at radius 3 is 2.65 bits per heavy atom. The maximum atomic E-state index is 11.5. The molecule has 0 heterocycles. The molecule has 0 aromatic heterocycles. The Kier molecular flexibility index (Phi) is 3.70. The van der Waals surface area contributed by atoms with Crippen molar-refractivity contribution in [3.05, 3.63) is 28.3 Å². The van der Waals surface area contributed by atoms with E-state index in [9.17, 15) is 18.5 Å². The van der Waals surface area contributed by atoms with Gasteiger partial charge in [0.1, 0.15) is 0 Å². The standard InChI is InChI=1S/C10H10N2O4S/c1-3-6-11-9-5-4-8(12(13)14)7-10(9)17(2,15)16/h1,4-5,7,11H,6H2,2H3. The van der Waals surface area contributed by atoms with Gasteiger partial charge in [0, 0.05) is 18.4 Å². The molecule has 0 saturated carbocycles. The van der Waals surface area contributed by atoms with Crippen molar-refractivity contribution in [3.8, 4) is 12.3 Å². The van der Waals surface area contributed by atoms with E-state index in [0.717, 1.165) is 12.3 Å². The zero-order valence-corrected chi connectivity index (χ0v) is 9.82. The summed E-state index contributed by atoms with van der Waals surface area (Å²) < 4.78 is 23.0. The van der Waals surface area contributed by atoms with E-state index in [1.165, 1.54) is 12.1 Å². The Morgan fingerprint density at radius 1 is 1.53 bits per heavy atom. The molecular formula is C10H10N2O4S. The molecule has 17 heavy (non-hydrogen) atoms. The first-order valence-corrected chi connectivity index (χ1v) is 6.41. The summed E-state index contributed by atoms with van der Waals surface area (Å²) in [5.74, 6) is 2.29. The highest BCUT2D eigenvalue weighted by Crippen LogP contribution is 2.26. The normalized spacial score (nSPS) is 10.6. The van der Waals surface area contributed by atoms with Crippen LogP contribution in [0.3, 0.4) is 0 Å². The lowest BCUT2D eigenvalue weighted by Gasteiger charge is -2.08. The van der Waals surface area contributed by atoms with E-state index >= 15 is 0 Å². The minimum Gasteiger partial charge on any atom is -0.373 e. The summed E-state index contributed by atoms with van der Waals surface area (Å²) in [6.45, 7) is 0.139. The molecule has 0 amide bonds. The largest absolute Gasteiger partial charge is 0.373 e. The highest BCUT2D eigenvalue weighted by molar-refractivity contribution is 7.90. The Hall–Kier alpha value is -2.07. The molecule has 1 aromatic rings. The number of nitrogens with one attached hydrogen (secondary N) is 1. The molecule has 7 heteroatoms. The molecule has 0 bridgehead atoms. The number of rotatable bonds is 4. The lowest BCUT2D eigenvalue weighted by molar-refractivity contribution is -0.385. The summed E-state index contributed by atoms with van der Waals surface area (Å²) in [5, 5.41) is 13.3. The maximum absolute atomic E-state index is 11.5. The van der Waals surface area contributed by atoms with Crippen LogP contribution in [-0.4, -0.2) is 26.1 Å². The van der Waals surface area contributed by atoms with Crippen molar-refractivity contribution in [2.24, 2.45) is 0 Å². The Morgan fingerprint density at radius 2 is 2.18 bits per heavy atom. The molecule has 0 saturated heterocycles. The van der Waals surface area contributed by atoms with Gasteiger partial charge in [-0.3, -0.25) is 10.1 Å². The fourth-order valence-electron chi connectivity index (χ4n) is 1.22. The first-order chi connectivity index (χ1) is 7.86. The molecule has 0 unspecified atom stereocenters. The lowest BCUT2D eigenvalue weighted by atomic mass is 10.3. The Balaban J connectivity index is 3.33. The van der Waals surface area contributed by atoms with Crippen molar-refractivity contribution in [3.63, 3.8) is 0 Å². The third-order valence-electron chi connectivity index (χ3n) is 1.96. The third-order valence-corrected chi connectivity index (χ3v) is 3.09. The second-order valence-electron chi connectivity index (χ2n) is 3.27. The van der Waals surface area contributed by atoms with Gasteiger partial charge >= 0.3 is 0 Å². The van der Waals surface area contributed by atoms with Gasteiger partial charge in [-0.25, -0.2) is 8.42 Å². The van der Waals surface area contributed by atoms with Crippen LogP contribution in [0.15, 0.2) is 23.1 Å². The highest BCUT2D eigenvalue weighted by Gasteiger charge is 2.17. The van der Waals surface area contributed by atoms with Crippen molar-refractivity contribution in [2.75, 3.05) is 18.1 Å². The number of benzene rings is 1. The average Bonchev–Trinajstić information content (AvgIpc) is 2.24. The Labute approximate surface area is 98.7 Å². The van der Waals surface area contributed by atoms with Gasteiger partial charge in [0.2, 0.25) is 0 Å². The molecule has 0 fully saturated rings. The fraction of sp³-hybridized carbons (Fsp3) is 0.200. The molecule has 90 valence electrons. The number of nitro groups is 1. The zero-order chi connectivity index (χ0) is 13.1. The van der Waals surface area contributed by atoms with E-state index in [1.54, 1.807) is 0 Å². The van der Waals surface area contributed by atoms with Crippen LogP contribution >= 0.6 is 0 Å². The van der Waals surface area contributed by atoms with Gasteiger partial charge in [-0.15, -0.1) is 6.42 Å². The first-order valence-electron chi connectivity index (χ1n) is 4.52. The molecule has 6 nitrogen and oxygen atoms in total. The number of hydrogen-bond acceptors (Lipinski definition) is 5. The van der Waals surface area contributed by atoms with Crippen LogP contribution in [0.25, 0.3) is 0 Å². The van der Waals surface area contributed by atoms with Gasteiger partial charge in [-0.05, 0) is 6.07 Å². The Bertz CT molecular complexity index is 587. The number of hydrogen-bond donors (Lipinski definition) is 1. The van der Waals surface area contributed by atoms with Gasteiger partial charge in [0.05, 0.1) is 22.1 Å². The number of sulfone groups is 1. The minimum absolute atomic E-state index is 0.137. The summed E-state index contributed by atoms with van der Waals surface area (Å²) in [7, 11) is -3.56. The molecule has 0 atom stereocenters. The summed E-state index contributed by atoms with van der Waals surface area (Å²) in [6.07, 6.45) is 6.02. The third kappa shape index (κ3) is 3.19. The van der Waals surface area contributed by atoms with Crippen molar-refractivity contribution in [1.29, 1.82) is 0 Å². The van der Waals surface area contributed by atoms with E-state index in [-0.39, 0.29) is 22.8 Å².